The lowest BCUT2D eigenvalue weighted by molar-refractivity contribution is -0.144. The van der Waals surface area contributed by atoms with Crippen LogP contribution >= 0.6 is 0 Å². The molecule has 0 aromatic rings. The molecule has 1 aliphatic heterocycles. The highest BCUT2D eigenvalue weighted by Crippen LogP contribution is 2.09. The van der Waals surface area contributed by atoms with Crippen LogP contribution in [-0.2, 0) is 9.53 Å². The summed E-state index contributed by atoms with van der Waals surface area (Å²) >= 11 is 0. The van der Waals surface area contributed by atoms with Crippen LogP contribution in [0.25, 0.3) is 0 Å². The Balaban J connectivity index is 2.53. The van der Waals surface area contributed by atoms with Gasteiger partial charge in [-0.3, -0.25) is 0 Å². The number of carbonyl (C=O) groups is 2. The van der Waals surface area contributed by atoms with Crippen LogP contribution in [0.4, 0.5) is 4.79 Å². The summed E-state index contributed by atoms with van der Waals surface area (Å²) in [6, 6.07) is -0.722. The van der Waals surface area contributed by atoms with Crippen molar-refractivity contribution in [1.82, 2.24) is 10.2 Å². The molecule has 0 spiro atoms. The number of nitrogens with zero attached hydrogens (tertiary/aromatic N) is 1. The van der Waals surface area contributed by atoms with Crippen molar-refractivity contribution in [3.8, 4) is 0 Å². The van der Waals surface area contributed by atoms with Crippen LogP contribution in [0.15, 0.2) is 0 Å². The van der Waals surface area contributed by atoms with Gasteiger partial charge in [-0.05, 0) is 18.8 Å². The molecule has 1 fully saturated rings. The van der Waals surface area contributed by atoms with Crippen molar-refractivity contribution in [3.63, 3.8) is 0 Å². The molecule has 2 amide bonds. The van der Waals surface area contributed by atoms with Crippen LogP contribution in [-0.4, -0.2) is 43.1 Å². The molecule has 0 aromatic carbocycles. The lowest BCUT2D eigenvalue weighted by atomic mass is 10.1. The molecule has 1 saturated heterocycles. The molecule has 5 heteroatoms. The fourth-order valence-electron chi connectivity index (χ4n) is 1.77. The number of hydrogen-bond acceptors (Lipinski definition) is 3. The van der Waals surface area contributed by atoms with Gasteiger partial charge >= 0.3 is 12.0 Å². The Morgan fingerprint density at radius 3 is 2.25 bits per heavy atom. The molecule has 1 aliphatic rings. The lowest BCUT2D eigenvalue weighted by Crippen LogP contribution is -2.49. The number of hydrogen-bond donors (Lipinski definition) is 1. The molecule has 1 atom stereocenters. The first-order valence-corrected chi connectivity index (χ1v) is 5.69. The monoisotopic (exact) mass is 228 g/mol. The van der Waals surface area contributed by atoms with Crippen molar-refractivity contribution in [1.29, 1.82) is 0 Å². The van der Waals surface area contributed by atoms with Gasteiger partial charge in [0.05, 0.1) is 7.11 Å². The summed E-state index contributed by atoms with van der Waals surface area (Å²) in [4.78, 5) is 25.0. The molecular formula is C11H20N2O3. The second kappa shape index (κ2) is 5.72. The quantitative estimate of drug-likeness (QED) is 0.733. The van der Waals surface area contributed by atoms with Gasteiger partial charge in [-0.2, -0.15) is 0 Å². The van der Waals surface area contributed by atoms with Crippen molar-refractivity contribution in [3.05, 3.63) is 0 Å². The van der Waals surface area contributed by atoms with Crippen molar-refractivity contribution in [2.24, 2.45) is 5.92 Å². The van der Waals surface area contributed by atoms with Crippen LogP contribution < -0.4 is 5.32 Å². The SMILES string of the molecule is COC(=O)C(NC(=O)N1CCCC1)C(C)C. The third-order valence-corrected chi connectivity index (χ3v) is 2.79. The van der Waals surface area contributed by atoms with Crippen LogP contribution in [0.1, 0.15) is 26.7 Å². The molecule has 0 aliphatic carbocycles. The maximum absolute atomic E-state index is 11.8. The van der Waals surface area contributed by atoms with Gasteiger partial charge in [-0.15, -0.1) is 0 Å². The highest BCUT2D eigenvalue weighted by molar-refractivity contribution is 5.83. The number of urea groups is 1. The Morgan fingerprint density at radius 2 is 1.81 bits per heavy atom. The van der Waals surface area contributed by atoms with E-state index < -0.39 is 6.04 Å². The Morgan fingerprint density at radius 1 is 1.25 bits per heavy atom. The summed E-state index contributed by atoms with van der Waals surface area (Å²) in [5.41, 5.74) is 0. The second-order valence-corrected chi connectivity index (χ2v) is 4.39. The van der Waals surface area contributed by atoms with E-state index in [1.807, 2.05) is 13.8 Å². The van der Waals surface area contributed by atoms with Crippen molar-refractivity contribution >= 4 is 12.0 Å². The number of methoxy groups -OCH3 is 1. The summed E-state index contributed by atoms with van der Waals surface area (Å²) in [5.74, 6) is -0.360. The highest BCUT2D eigenvalue weighted by Gasteiger charge is 2.27. The zero-order chi connectivity index (χ0) is 12.1. The first-order valence-electron chi connectivity index (χ1n) is 5.69. The number of rotatable bonds is 3. The van der Waals surface area contributed by atoms with E-state index in [1.165, 1.54) is 7.11 Å². The molecule has 1 N–H and O–H groups in total. The van der Waals surface area contributed by atoms with E-state index in [0.717, 1.165) is 25.9 Å². The summed E-state index contributed by atoms with van der Waals surface area (Å²) < 4.78 is 4.67. The maximum atomic E-state index is 11.8. The van der Waals surface area contributed by atoms with Gasteiger partial charge in [0.1, 0.15) is 6.04 Å². The molecule has 5 nitrogen and oxygen atoms in total. The van der Waals surface area contributed by atoms with Gasteiger partial charge in [-0.1, -0.05) is 13.8 Å². The standard InChI is InChI=1S/C11H20N2O3/c1-8(2)9(10(14)16-3)12-11(15)13-6-4-5-7-13/h8-9H,4-7H2,1-3H3,(H,12,15). The third-order valence-electron chi connectivity index (χ3n) is 2.79. The number of likely N-dealkylation sites (tertiary alicyclic amines) is 1. The molecule has 16 heavy (non-hydrogen) atoms. The van der Waals surface area contributed by atoms with Gasteiger partial charge in [0, 0.05) is 13.1 Å². The number of carbonyl (C=O) groups excluding carboxylic acids is 2. The number of nitrogens with one attached hydrogen (secondary N) is 1. The molecule has 92 valence electrons. The molecule has 0 bridgehead atoms. The number of ether oxygens (including phenoxy) is 1. The van der Waals surface area contributed by atoms with Crippen molar-refractivity contribution in [2.75, 3.05) is 20.2 Å². The fourth-order valence-corrected chi connectivity index (χ4v) is 1.77. The first kappa shape index (κ1) is 12.8. The van der Waals surface area contributed by atoms with Crippen molar-refractivity contribution in [2.45, 2.75) is 32.7 Å². The topological polar surface area (TPSA) is 58.6 Å². The number of amides is 2. The predicted octanol–water partition coefficient (Wildman–Crippen LogP) is 0.989. The lowest BCUT2D eigenvalue weighted by Gasteiger charge is -2.23. The second-order valence-electron chi connectivity index (χ2n) is 4.39. The molecule has 0 aromatic heterocycles. The Hall–Kier alpha value is -1.26. The molecule has 1 rings (SSSR count). The van der Waals surface area contributed by atoms with Crippen LogP contribution in [0.2, 0.25) is 0 Å². The largest absolute Gasteiger partial charge is 0.467 e. The first-order chi connectivity index (χ1) is 7.56. The zero-order valence-electron chi connectivity index (χ0n) is 10.2. The zero-order valence-corrected chi connectivity index (χ0v) is 10.2. The van der Waals surface area contributed by atoms with Gasteiger partial charge < -0.3 is 15.0 Å². The van der Waals surface area contributed by atoms with Gasteiger partial charge in [0.2, 0.25) is 0 Å². The normalized spacial score (nSPS) is 17.4. The highest BCUT2D eigenvalue weighted by atomic mass is 16.5. The molecule has 1 unspecified atom stereocenters. The summed E-state index contributed by atoms with van der Waals surface area (Å²) in [6.07, 6.45) is 2.08. The van der Waals surface area contributed by atoms with E-state index in [9.17, 15) is 9.59 Å². The predicted molar refractivity (Wildman–Crippen MR) is 60.0 cm³/mol. The van der Waals surface area contributed by atoms with Gasteiger partial charge in [-0.25, -0.2) is 9.59 Å². The van der Waals surface area contributed by atoms with E-state index in [2.05, 4.69) is 10.1 Å². The molecule has 1 heterocycles. The van der Waals surface area contributed by atoms with E-state index in [0.29, 0.717) is 0 Å². The average Bonchev–Trinajstić information content (AvgIpc) is 2.77. The summed E-state index contributed by atoms with van der Waals surface area (Å²) in [6.45, 7) is 5.31. The van der Waals surface area contributed by atoms with E-state index in [4.69, 9.17) is 0 Å². The van der Waals surface area contributed by atoms with Gasteiger partial charge in [0.25, 0.3) is 0 Å². The van der Waals surface area contributed by atoms with Crippen LogP contribution in [0.5, 0.6) is 0 Å². The smallest absolute Gasteiger partial charge is 0.328 e. The van der Waals surface area contributed by atoms with Crippen molar-refractivity contribution < 1.29 is 14.3 Å². The minimum absolute atomic E-state index is 0.0269. The molecular weight excluding hydrogens is 208 g/mol. The Labute approximate surface area is 96.1 Å². The van der Waals surface area contributed by atoms with Crippen LogP contribution in [0.3, 0.4) is 0 Å². The fraction of sp³-hybridized carbons (Fsp3) is 0.818. The average molecular weight is 228 g/mol. The maximum Gasteiger partial charge on any atom is 0.328 e. The van der Waals surface area contributed by atoms with Crippen LogP contribution in [0, 0.1) is 5.92 Å². The third kappa shape index (κ3) is 3.12. The molecule has 0 saturated carbocycles. The van der Waals surface area contributed by atoms with E-state index in [1.54, 1.807) is 4.90 Å². The molecule has 0 radical (unpaired) electrons. The minimum atomic E-state index is -0.557. The van der Waals surface area contributed by atoms with E-state index >= 15 is 0 Å². The Bertz CT molecular complexity index is 260. The van der Waals surface area contributed by atoms with E-state index in [-0.39, 0.29) is 17.9 Å². The summed E-state index contributed by atoms with van der Waals surface area (Å²) in [5, 5.41) is 2.72. The van der Waals surface area contributed by atoms with Gasteiger partial charge in [0.15, 0.2) is 0 Å². The number of esters is 1. The minimum Gasteiger partial charge on any atom is -0.467 e. The Kier molecular flexibility index (Phi) is 4.58. The summed E-state index contributed by atoms with van der Waals surface area (Å²) in [7, 11) is 1.33.